The van der Waals surface area contributed by atoms with Gasteiger partial charge in [-0.3, -0.25) is 0 Å². The van der Waals surface area contributed by atoms with E-state index in [0.29, 0.717) is 18.9 Å². The first-order valence-electron chi connectivity index (χ1n) is 7.30. The first-order chi connectivity index (χ1) is 8.65. The van der Waals surface area contributed by atoms with Crippen LogP contribution in [0, 0.1) is 11.8 Å². The summed E-state index contributed by atoms with van der Waals surface area (Å²) in [5.74, 6) is 1.29. The second-order valence-electron chi connectivity index (χ2n) is 5.52. The predicted octanol–water partition coefficient (Wildman–Crippen LogP) is 2.27. The van der Waals surface area contributed by atoms with Crippen LogP contribution in [-0.2, 0) is 0 Å². The maximum atomic E-state index is 11.6. The van der Waals surface area contributed by atoms with Crippen LogP contribution in [0.4, 0.5) is 4.79 Å². The monoisotopic (exact) mass is 256 g/mol. The van der Waals surface area contributed by atoms with E-state index in [1.807, 2.05) is 0 Å². The van der Waals surface area contributed by atoms with Crippen molar-refractivity contribution < 1.29 is 9.90 Å². The van der Waals surface area contributed by atoms with E-state index < -0.39 is 0 Å². The molecule has 3 N–H and O–H groups in total. The highest BCUT2D eigenvalue weighted by Crippen LogP contribution is 2.31. The second kappa shape index (κ2) is 8.35. The van der Waals surface area contributed by atoms with Crippen molar-refractivity contribution in [3.8, 4) is 0 Å². The van der Waals surface area contributed by atoms with Crippen LogP contribution in [0.15, 0.2) is 0 Å². The van der Waals surface area contributed by atoms with E-state index >= 15 is 0 Å². The topological polar surface area (TPSA) is 61.4 Å². The number of nitrogens with one attached hydrogen (secondary N) is 2. The normalized spacial score (nSPS) is 20.2. The number of urea groups is 1. The Labute approximate surface area is 111 Å². The van der Waals surface area contributed by atoms with Crippen LogP contribution in [0.1, 0.15) is 52.4 Å². The van der Waals surface area contributed by atoms with E-state index in [1.54, 1.807) is 0 Å². The lowest BCUT2D eigenvalue weighted by Gasteiger charge is -2.32. The Bertz CT molecular complexity index is 240. The zero-order chi connectivity index (χ0) is 13.4. The summed E-state index contributed by atoms with van der Waals surface area (Å²) >= 11 is 0. The molecule has 0 spiro atoms. The minimum atomic E-state index is -0.112. The smallest absolute Gasteiger partial charge is 0.315 e. The summed E-state index contributed by atoms with van der Waals surface area (Å²) in [5, 5.41) is 14.4. The molecule has 0 radical (unpaired) electrons. The fourth-order valence-corrected chi connectivity index (χ4v) is 2.74. The second-order valence-corrected chi connectivity index (χ2v) is 5.52. The van der Waals surface area contributed by atoms with Crippen LogP contribution < -0.4 is 10.6 Å². The molecule has 2 unspecified atom stereocenters. The van der Waals surface area contributed by atoms with Gasteiger partial charge in [0.15, 0.2) is 0 Å². The number of aliphatic hydroxyl groups excluding tert-OH is 1. The maximum Gasteiger partial charge on any atom is 0.315 e. The van der Waals surface area contributed by atoms with Gasteiger partial charge in [-0.15, -0.1) is 0 Å². The predicted molar refractivity (Wildman–Crippen MR) is 73.4 cm³/mol. The molecule has 0 aromatic rings. The number of amides is 2. The minimum Gasteiger partial charge on any atom is -0.396 e. The summed E-state index contributed by atoms with van der Waals surface area (Å²) < 4.78 is 0. The van der Waals surface area contributed by atoms with E-state index in [4.69, 9.17) is 5.11 Å². The number of rotatable bonds is 6. The van der Waals surface area contributed by atoms with Crippen molar-refractivity contribution in [2.45, 2.75) is 58.4 Å². The molecule has 18 heavy (non-hydrogen) atoms. The highest BCUT2D eigenvalue weighted by molar-refractivity contribution is 5.74. The van der Waals surface area contributed by atoms with Crippen molar-refractivity contribution in [1.29, 1.82) is 0 Å². The Morgan fingerprint density at radius 1 is 1.28 bits per heavy atom. The van der Waals surface area contributed by atoms with Crippen LogP contribution in [-0.4, -0.2) is 30.3 Å². The van der Waals surface area contributed by atoms with E-state index in [9.17, 15) is 4.79 Å². The molecule has 1 rings (SSSR count). The fourth-order valence-electron chi connectivity index (χ4n) is 2.74. The Kier molecular flexibility index (Phi) is 7.09. The summed E-state index contributed by atoms with van der Waals surface area (Å²) in [6.45, 7) is 4.99. The van der Waals surface area contributed by atoms with Crippen molar-refractivity contribution in [2.75, 3.05) is 13.2 Å². The van der Waals surface area contributed by atoms with Gasteiger partial charge in [0.2, 0.25) is 0 Å². The lowest BCUT2D eigenvalue weighted by Crippen LogP contribution is -2.45. The maximum absolute atomic E-state index is 11.6. The van der Waals surface area contributed by atoms with Gasteiger partial charge in [-0.05, 0) is 25.2 Å². The van der Waals surface area contributed by atoms with Gasteiger partial charge in [0, 0.05) is 19.2 Å². The van der Waals surface area contributed by atoms with Crippen molar-refractivity contribution in [2.24, 2.45) is 11.8 Å². The SMILES string of the molecule is CC(NC(=O)NCCCO)C(C)C1CCCCC1. The molecule has 1 fully saturated rings. The molecule has 0 aromatic heterocycles. The van der Waals surface area contributed by atoms with Crippen molar-refractivity contribution in [1.82, 2.24) is 10.6 Å². The summed E-state index contributed by atoms with van der Waals surface area (Å²) in [5.41, 5.74) is 0. The molecule has 0 saturated heterocycles. The molecular weight excluding hydrogens is 228 g/mol. The number of hydrogen-bond acceptors (Lipinski definition) is 2. The van der Waals surface area contributed by atoms with Gasteiger partial charge in [0.25, 0.3) is 0 Å². The van der Waals surface area contributed by atoms with Crippen molar-refractivity contribution in [3.63, 3.8) is 0 Å². The summed E-state index contributed by atoms with van der Waals surface area (Å²) in [7, 11) is 0. The van der Waals surface area contributed by atoms with Crippen LogP contribution >= 0.6 is 0 Å². The van der Waals surface area contributed by atoms with Crippen molar-refractivity contribution in [3.05, 3.63) is 0 Å². The minimum absolute atomic E-state index is 0.112. The standard InChI is InChI=1S/C14H28N2O2/c1-11(13-7-4-3-5-8-13)12(2)16-14(18)15-9-6-10-17/h11-13,17H,3-10H2,1-2H3,(H2,15,16,18). The molecule has 0 heterocycles. The van der Waals surface area contributed by atoms with Crippen LogP contribution in [0.25, 0.3) is 0 Å². The highest BCUT2D eigenvalue weighted by Gasteiger charge is 2.25. The highest BCUT2D eigenvalue weighted by atomic mass is 16.3. The van der Waals surface area contributed by atoms with Gasteiger partial charge in [0.1, 0.15) is 0 Å². The number of carbonyl (C=O) groups excluding carboxylic acids is 1. The summed E-state index contributed by atoms with van der Waals surface area (Å²) in [4.78, 5) is 11.6. The molecule has 106 valence electrons. The van der Waals surface area contributed by atoms with Gasteiger partial charge >= 0.3 is 6.03 Å². The summed E-state index contributed by atoms with van der Waals surface area (Å²) in [6, 6.07) is 0.0980. The first kappa shape index (κ1) is 15.3. The van der Waals surface area contributed by atoms with E-state index in [0.717, 1.165) is 5.92 Å². The molecule has 0 bridgehead atoms. The lowest BCUT2D eigenvalue weighted by molar-refractivity contribution is 0.205. The molecule has 0 aromatic carbocycles. The Morgan fingerprint density at radius 3 is 2.56 bits per heavy atom. The molecule has 2 amide bonds. The third-order valence-electron chi connectivity index (χ3n) is 4.16. The average Bonchev–Trinajstić information content (AvgIpc) is 2.39. The Morgan fingerprint density at radius 2 is 1.94 bits per heavy atom. The zero-order valence-electron chi connectivity index (χ0n) is 11.7. The fraction of sp³-hybridized carbons (Fsp3) is 0.929. The van der Waals surface area contributed by atoms with Gasteiger partial charge in [-0.1, -0.05) is 39.0 Å². The number of aliphatic hydroxyl groups is 1. The van der Waals surface area contributed by atoms with Crippen LogP contribution in [0.2, 0.25) is 0 Å². The van der Waals surface area contributed by atoms with E-state index in [1.165, 1.54) is 32.1 Å². The largest absolute Gasteiger partial charge is 0.396 e. The molecule has 4 nitrogen and oxygen atoms in total. The van der Waals surface area contributed by atoms with Gasteiger partial charge < -0.3 is 15.7 Å². The zero-order valence-corrected chi connectivity index (χ0v) is 11.7. The number of carbonyl (C=O) groups is 1. The molecule has 1 aliphatic rings. The molecular formula is C14H28N2O2. The van der Waals surface area contributed by atoms with Crippen LogP contribution in [0.5, 0.6) is 0 Å². The Balaban J connectivity index is 2.25. The van der Waals surface area contributed by atoms with E-state index in [2.05, 4.69) is 24.5 Å². The molecule has 4 heteroatoms. The first-order valence-corrected chi connectivity index (χ1v) is 7.30. The van der Waals surface area contributed by atoms with Gasteiger partial charge in [0.05, 0.1) is 0 Å². The van der Waals surface area contributed by atoms with Gasteiger partial charge in [-0.25, -0.2) is 4.79 Å². The van der Waals surface area contributed by atoms with Gasteiger partial charge in [-0.2, -0.15) is 0 Å². The molecule has 1 aliphatic carbocycles. The lowest BCUT2D eigenvalue weighted by atomic mass is 9.78. The third kappa shape index (κ3) is 5.25. The molecule has 0 aliphatic heterocycles. The molecule has 1 saturated carbocycles. The van der Waals surface area contributed by atoms with Crippen molar-refractivity contribution >= 4 is 6.03 Å². The number of hydrogen-bond donors (Lipinski definition) is 3. The average molecular weight is 256 g/mol. The van der Waals surface area contributed by atoms with Crippen LogP contribution in [0.3, 0.4) is 0 Å². The summed E-state index contributed by atoms with van der Waals surface area (Å²) in [6.07, 6.45) is 7.26. The third-order valence-corrected chi connectivity index (χ3v) is 4.16. The molecule has 2 atom stereocenters. The van der Waals surface area contributed by atoms with E-state index in [-0.39, 0.29) is 18.7 Å². The quantitative estimate of drug-likeness (QED) is 0.638. The Hall–Kier alpha value is -0.770.